The van der Waals surface area contributed by atoms with Crippen molar-refractivity contribution in [2.75, 3.05) is 13.2 Å². The van der Waals surface area contributed by atoms with E-state index >= 15 is 0 Å². The first-order valence-corrected chi connectivity index (χ1v) is 11.5. The van der Waals surface area contributed by atoms with Crippen LogP contribution in [0.1, 0.15) is 19.8 Å². The lowest BCUT2D eigenvalue weighted by molar-refractivity contribution is -0.461. The minimum Gasteiger partial charge on any atom is -0.756 e. The Morgan fingerprint density at radius 3 is 1.57 bits per heavy atom. The molecule has 0 saturated carbocycles. The Hall–Kier alpha value is -1.91. The molecule has 2 unspecified atom stereocenters. The van der Waals surface area contributed by atoms with Gasteiger partial charge >= 0.3 is 53.8 Å². The molecule has 0 aliphatic carbocycles. The van der Waals surface area contributed by atoms with Crippen molar-refractivity contribution in [3.8, 4) is 0 Å². The van der Waals surface area contributed by atoms with Crippen LogP contribution in [-0.4, -0.2) is 78.2 Å². The number of ether oxygens (including phenoxy) is 1. The van der Waals surface area contributed by atoms with Crippen LogP contribution in [0.25, 0.3) is 0 Å². The number of phosphoric acid groups is 1. The highest BCUT2D eigenvalue weighted by molar-refractivity contribution is 7.45. The fourth-order valence-corrected chi connectivity index (χ4v) is 3.01. The van der Waals surface area contributed by atoms with Crippen molar-refractivity contribution >= 4 is 13.8 Å². The number of carbonyl (C=O) groups excluding carboxylic acids is 1. The number of aliphatic hydroxyl groups is 1. The van der Waals surface area contributed by atoms with Gasteiger partial charge in [-0.15, -0.1) is 0 Å². The molecule has 0 spiro atoms. The van der Waals surface area contributed by atoms with E-state index in [1.54, 1.807) is 0 Å². The van der Waals surface area contributed by atoms with Gasteiger partial charge in [0, 0.05) is 18.4 Å². The fourth-order valence-electron chi connectivity index (χ4n) is 2.20. The van der Waals surface area contributed by atoms with Gasteiger partial charge in [-0.25, -0.2) is 9.32 Å². The van der Waals surface area contributed by atoms with E-state index in [0.717, 1.165) is 6.92 Å². The topological polar surface area (TPSA) is 105 Å². The summed E-state index contributed by atoms with van der Waals surface area (Å²) in [5.74, 6) is -50.6. The molecule has 42 heavy (non-hydrogen) atoms. The van der Waals surface area contributed by atoms with Crippen LogP contribution in [0.15, 0.2) is 12.2 Å². The van der Waals surface area contributed by atoms with Crippen molar-refractivity contribution in [3.63, 3.8) is 0 Å². The lowest BCUT2D eigenvalue weighted by Crippen LogP contribution is -2.73. The van der Waals surface area contributed by atoms with E-state index < -0.39 is 93.8 Å². The molecule has 7 nitrogen and oxygen atoms in total. The normalized spacial score (nSPS) is 17.0. The monoisotopic (exact) mass is 685 g/mol. The molecular weight excluding hydrogens is 670 g/mol. The Bertz CT molecular complexity index is 1030. The molecule has 0 rings (SSSR count). The maximum absolute atomic E-state index is 13.8. The standard InChI is InChI=1S/C17H16F17O7P/c1-7(2)9(36)39-5-8(35)6-40-42(37,38)41-17(33,34)16(31,32)15(29,30)14(27,28)13(25,26)12(23,24)10(18,19)3-4-11(20,21)22/h8,35H,1,3-6H2,2H3,(H,37,38)/p-1. The van der Waals surface area contributed by atoms with Gasteiger partial charge in [0.05, 0.1) is 6.61 Å². The second kappa shape index (κ2) is 12.2. The van der Waals surface area contributed by atoms with E-state index in [0.29, 0.717) is 0 Å². The van der Waals surface area contributed by atoms with E-state index in [9.17, 15) is 94.0 Å². The highest BCUT2D eigenvalue weighted by Crippen LogP contribution is 2.64. The summed E-state index contributed by atoms with van der Waals surface area (Å²) in [6.07, 6.45) is -22.5. The van der Waals surface area contributed by atoms with Crippen LogP contribution in [0, 0.1) is 0 Å². The Morgan fingerprint density at radius 2 is 1.17 bits per heavy atom. The molecule has 1 N–H and O–H groups in total. The summed E-state index contributed by atoms with van der Waals surface area (Å²) in [5, 5.41) is 9.27. The summed E-state index contributed by atoms with van der Waals surface area (Å²) in [5.41, 5.74) is -0.325. The Labute approximate surface area is 221 Å². The van der Waals surface area contributed by atoms with Gasteiger partial charge < -0.3 is 19.3 Å². The number of halogens is 17. The van der Waals surface area contributed by atoms with Crippen LogP contribution in [0.5, 0.6) is 0 Å². The molecule has 250 valence electrons. The number of rotatable bonds is 16. The third kappa shape index (κ3) is 8.17. The zero-order chi connectivity index (χ0) is 34.2. The number of aliphatic hydroxyl groups excluding tert-OH is 1. The summed E-state index contributed by atoms with van der Waals surface area (Å²) in [6.45, 7) is 0.939. The van der Waals surface area contributed by atoms with Gasteiger partial charge in [-0.3, -0.25) is 4.57 Å². The third-order valence-corrected chi connectivity index (χ3v) is 5.45. The minimum absolute atomic E-state index is 0.325. The molecule has 0 fully saturated rings. The van der Waals surface area contributed by atoms with Crippen LogP contribution in [0.2, 0.25) is 0 Å². The molecule has 0 aromatic carbocycles. The zero-order valence-corrected chi connectivity index (χ0v) is 20.8. The molecule has 25 heteroatoms. The summed E-state index contributed by atoms with van der Waals surface area (Å²) in [6, 6.07) is 0. The van der Waals surface area contributed by atoms with Gasteiger partial charge in [0.1, 0.15) is 12.7 Å². The molecule has 0 aromatic rings. The van der Waals surface area contributed by atoms with Crippen molar-refractivity contribution in [3.05, 3.63) is 12.2 Å². The molecule has 0 aliphatic heterocycles. The Balaban J connectivity index is 6.15. The van der Waals surface area contributed by atoms with E-state index in [1.807, 2.05) is 0 Å². The van der Waals surface area contributed by atoms with Crippen LogP contribution in [0.3, 0.4) is 0 Å². The van der Waals surface area contributed by atoms with Crippen molar-refractivity contribution in [1.82, 2.24) is 0 Å². The summed E-state index contributed by atoms with van der Waals surface area (Å²) < 4.78 is 248. The Kier molecular flexibility index (Phi) is 11.7. The zero-order valence-electron chi connectivity index (χ0n) is 19.9. The summed E-state index contributed by atoms with van der Waals surface area (Å²) in [4.78, 5) is 22.4. The third-order valence-electron chi connectivity index (χ3n) is 4.53. The van der Waals surface area contributed by atoms with E-state index in [4.69, 9.17) is 0 Å². The van der Waals surface area contributed by atoms with Gasteiger partial charge in [0.25, 0.3) is 7.82 Å². The molecule has 0 aromatic heterocycles. The number of hydrogen-bond donors (Lipinski definition) is 1. The summed E-state index contributed by atoms with van der Waals surface area (Å²) >= 11 is 0. The molecule has 0 heterocycles. The number of hydrogen-bond acceptors (Lipinski definition) is 7. The average molecular weight is 685 g/mol. The van der Waals surface area contributed by atoms with Gasteiger partial charge in [0.15, 0.2) is 0 Å². The van der Waals surface area contributed by atoms with Crippen molar-refractivity contribution in [1.29, 1.82) is 0 Å². The van der Waals surface area contributed by atoms with Crippen LogP contribution in [-0.2, 0) is 23.1 Å². The first kappa shape index (κ1) is 40.1. The fraction of sp³-hybridized carbons (Fsp3) is 0.824. The molecule has 0 amide bonds. The summed E-state index contributed by atoms with van der Waals surface area (Å²) in [7, 11) is -7.22. The maximum Gasteiger partial charge on any atom is 0.432 e. The predicted molar refractivity (Wildman–Crippen MR) is 96.3 cm³/mol. The predicted octanol–water partition coefficient (Wildman–Crippen LogP) is 5.72. The van der Waals surface area contributed by atoms with E-state index in [2.05, 4.69) is 20.4 Å². The highest BCUT2D eigenvalue weighted by atomic mass is 31.2. The quantitative estimate of drug-likeness (QED) is 0.0961. The van der Waals surface area contributed by atoms with E-state index in [1.165, 1.54) is 0 Å². The van der Waals surface area contributed by atoms with Gasteiger partial charge in [-0.2, -0.15) is 74.6 Å². The average Bonchev–Trinajstić information content (AvgIpc) is 2.77. The molecule has 0 bridgehead atoms. The van der Waals surface area contributed by atoms with Crippen LogP contribution in [0.4, 0.5) is 74.6 Å². The minimum atomic E-state index is -8.71. The lowest BCUT2D eigenvalue weighted by atomic mass is 9.89. The lowest BCUT2D eigenvalue weighted by Gasteiger charge is -2.43. The first-order chi connectivity index (χ1) is 18.1. The molecular formula is C17H15F17O7P-. The van der Waals surface area contributed by atoms with Crippen LogP contribution < -0.4 is 4.89 Å². The van der Waals surface area contributed by atoms with Gasteiger partial charge in [-0.05, 0) is 6.92 Å². The Morgan fingerprint density at radius 1 is 0.762 bits per heavy atom. The van der Waals surface area contributed by atoms with Gasteiger partial charge in [0.2, 0.25) is 0 Å². The second-order valence-electron chi connectivity index (χ2n) is 8.08. The van der Waals surface area contributed by atoms with Crippen molar-refractivity contribution < 1.29 is 108 Å². The van der Waals surface area contributed by atoms with E-state index in [-0.39, 0.29) is 5.57 Å². The largest absolute Gasteiger partial charge is 0.756 e. The molecule has 0 saturated heterocycles. The highest BCUT2D eigenvalue weighted by Gasteiger charge is 2.93. The smallest absolute Gasteiger partial charge is 0.432 e. The number of alkyl halides is 17. The van der Waals surface area contributed by atoms with Gasteiger partial charge in [-0.1, -0.05) is 6.58 Å². The first-order valence-electron chi connectivity index (χ1n) is 10.0. The number of esters is 1. The molecule has 2 atom stereocenters. The number of carbonyl (C=O) groups is 1. The number of phosphoric ester groups is 1. The maximum atomic E-state index is 13.8. The molecule has 0 aliphatic rings. The van der Waals surface area contributed by atoms with Crippen molar-refractivity contribution in [2.24, 2.45) is 0 Å². The second-order valence-corrected chi connectivity index (χ2v) is 9.41. The van der Waals surface area contributed by atoms with Crippen molar-refractivity contribution in [2.45, 2.75) is 73.7 Å². The molecule has 0 radical (unpaired) electrons. The SMILES string of the molecule is C=C(C)C(=O)OCC(O)COP(=O)([O-])OC(F)(F)C(F)(F)C(F)(F)C(F)(F)C(F)(F)C(F)(F)C(F)(F)CCC(F)(F)F. The van der Waals surface area contributed by atoms with Crippen LogP contribution >= 0.6 is 7.82 Å².